The molecular formula is C34H29FNO+. The first kappa shape index (κ1) is 22.2. The van der Waals surface area contributed by atoms with Gasteiger partial charge in [-0.1, -0.05) is 54.6 Å². The number of halogens is 1. The van der Waals surface area contributed by atoms with Gasteiger partial charge in [-0.15, -0.1) is 0 Å². The predicted molar refractivity (Wildman–Crippen MR) is 148 cm³/mol. The van der Waals surface area contributed by atoms with Gasteiger partial charge < -0.3 is 4.42 Å². The van der Waals surface area contributed by atoms with E-state index < -0.39 is 0 Å². The van der Waals surface area contributed by atoms with Crippen molar-refractivity contribution in [1.82, 2.24) is 0 Å². The maximum atomic E-state index is 15.6. The highest BCUT2D eigenvalue weighted by molar-refractivity contribution is 6.10. The van der Waals surface area contributed by atoms with E-state index in [0.717, 1.165) is 58.0 Å². The van der Waals surface area contributed by atoms with Crippen LogP contribution in [0.4, 0.5) is 4.39 Å². The lowest BCUT2D eigenvalue weighted by atomic mass is 9.89. The highest BCUT2D eigenvalue weighted by atomic mass is 19.1. The van der Waals surface area contributed by atoms with Crippen LogP contribution in [0.1, 0.15) is 47.8 Å². The first-order valence-electron chi connectivity index (χ1n) is 13.2. The van der Waals surface area contributed by atoms with Crippen molar-refractivity contribution in [3.05, 3.63) is 114 Å². The molecule has 2 unspecified atom stereocenters. The van der Waals surface area contributed by atoms with E-state index in [4.69, 9.17) is 4.42 Å². The number of nitrogens with zero attached hydrogens (tertiary/aromatic N) is 1. The molecule has 7 rings (SSSR count). The molecular weight excluding hydrogens is 457 g/mol. The molecule has 37 heavy (non-hydrogen) atoms. The molecule has 0 aliphatic heterocycles. The standard InChI is InChI=1S/C34H29FNO/c1-21-13-16-27-28-17-18-29(35)32(34(28)37-33(27)31(21)30-12-5-6-19-36(30)2)24-15-14-23(20-24)26-11-7-9-22-8-3-4-10-25(22)26/h3-13,16-19,23-24H,14-15,20H2,1-2H3/q+1. The lowest BCUT2D eigenvalue weighted by molar-refractivity contribution is -0.660. The third kappa shape index (κ3) is 3.48. The van der Waals surface area contributed by atoms with Crippen molar-refractivity contribution in [3.63, 3.8) is 0 Å². The highest BCUT2D eigenvalue weighted by Gasteiger charge is 2.32. The topological polar surface area (TPSA) is 17.0 Å². The molecule has 1 fully saturated rings. The molecule has 2 heterocycles. The molecule has 0 spiro atoms. The molecule has 0 N–H and O–H groups in total. The average Bonchev–Trinajstić information content (AvgIpc) is 3.54. The van der Waals surface area contributed by atoms with Crippen LogP contribution in [0.3, 0.4) is 0 Å². The first-order chi connectivity index (χ1) is 18.1. The average molecular weight is 487 g/mol. The zero-order valence-corrected chi connectivity index (χ0v) is 21.2. The van der Waals surface area contributed by atoms with E-state index in [9.17, 15) is 0 Å². The van der Waals surface area contributed by atoms with Crippen LogP contribution in [-0.2, 0) is 7.05 Å². The number of rotatable bonds is 3. The summed E-state index contributed by atoms with van der Waals surface area (Å²) in [5.74, 6) is 0.389. The Bertz CT molecular complexity index is 1810. The lowest BCUT2D eigenvalue weighted by Gasteiger charge is -2.15. The number of benzene rings is 4. The molecule has 0 saturated heterocycles. The van der Waals surface area contributed by atoms with Gasteiger partial charge >= 0.3 is 0 Å². The summed E-state index contributed by atoms with van der Waals surface area (Å²) in [6, 6.07) is 29.2. The summed E-state index contributed by atoms with van der Waals surface area (Å²) >= 11 is 0. The minimum Gasteiger partial charge on any atom is -0.455 e. The number of furan rings is 1. The molecule has 1 saturated carbocycles. The van der Waals surface area contributed by atoms with E-state index >= 15 is 4.39 Å². The van der Waals surface area contributed by atoms with E-state index in [0.29, 0.717) is 11.5 Å². The van der Waals surface area contributed by atoms with Gasteiger partial charge in [-0.3, -0.25) is 0 Å². The van der Waals surface area contributed by atoms with Crippen molar-refractivity contribution < 1.29 is 13.4 Å². The van der Waals surface area contributed by atoms with Gasteiger partial charge in [0.1, 0.15) is 24.0 Å². The summed E-state index contributed by atoms with van der Waals surface area (Å²) in [7, 11) is 2.05. The van der Waals surface area contributed by atoms with Crippen LogP contribution < -0.4 is 4.57 Å². The molecule has 2 atom stereocenters. The Morgan fingerprint density at radius 1 is 0.757 bits per heavy atom. The third-order valence-corrected chi connectivity index (χ3v) is 8.42. The van der Waals surface area contributed by atoms with Crippen LogP contribution in [0.15, 0.2) is 95.5 Å². The molecule has 1 aliphatic rings. The summed E-state index contributed by atoms with van der Waals surface area (Å²) in [6.07, 6.45) is 4.99. The molecule has 6 aromatic rings. The number of aromatic nitrogens is 1. The third-order valence-electron chi connectivity index (χ3n) is 8.42. The Labute approximate surface area is 216 Å². The van der Waals surface area contributed by atoms with Crippen LogP contribution >= 0.6 is 0 Å². The van der Waals surface area contributed by atoms with E-state index in [1.54, 1.807) is 6.07 Å². The smallest absolute Gasteiger partial charge is 0.216 e. The van der Waals surface area contributed by atoms with Crippen molar-refractivity contribution in [2.24, 2.45) is 7.05 Å². The molecule has 2 nitrogen and oxygen atoms in total. The Hall–Kier alpha value is -3.98. The van der Waals surface area contributed by atoms with Gasteiger partial charge in [0.2, 0.25) is 5.69 Å². The van der Waals surface area contributed by atoms with Crippen molar-refractivity contribution in [2.45, 2.75) is 38.0 Å². The Kier molecular flexibility index (Phi) is 5.14. The fourth-order valence-electron chi connectivity index (χ4n) is 6.61. The van der Waals surface area contributed by atoms with Crippen molar-refractivity contribution in [2.75, 3.05) is 0 Å². The summed E-state index contributed by atoms with van der Waals surface area (Å²) in [5.41, 5.74) is 6.99. The quantitative estimate of drug-likeness (QED) is 0.229. The Balaban J connectivity index is 1.37. The van der Waals surface area contributed by atoms with Gasteiger partial charge in [0, 0.05) is 28.5 Å². The van der Waals surface area contributed by atoms with Crippen molar-refractivity contribution in [3.8, 4) is 11.3 Å². The largest absolute Gasteiger partial charge is 0.455 e. The summed E-state index contributed by atoms with van der Waals surface area (Å²) < 4.78 is 24.4. The zero-order valence-electron chi connectivity index (χ0n) is 21.2. The molecule has 2 aromatic heterocycles. The van der Waals surface area contributed by atoms with Gasteiger partial charge in [-0.2, -0.15) is 0 Å². The predicted octanol–water partition coefficient (Wildman–Crippen LogP) is 8.73. The van der Waals surface area contributed by atoms with Gasteiger partial charge in [-0.05, 0) is 78.1 Å². The number of hydrogen-bond acceptors (Lipinski definition) is 1. The fraction of sp³-hybridized carbons (Fsp3) is 0.206. The van der Waals surface area contributed by atoms with E-state index in [1.165, 1.54) is 16.3 Å². The van der Waals surface area contributed by atoms with Crippen LogP contribution in [0, 0.1) is 12.7 Å². The maximum absolute atomic E-state index is 15.6. The minimum absolute atomic E-state index is 0.130. The molecule has 182 valence electrons. The molecule has 0 radical (unpaired) electrons. The van der Waals surface area contributed by atoms with Crippen LogP contribution in [-0.4, -0.2) is 0 Å². The minimum atomic E-state index is -0.154. The molecule has 1 aliphatic carbocycles. The number of hydrogen-bond donors (Lipinski definition) is 0. The number of fused-ring (bicyclic) bond motifs is 4. The summed E-state index contributed by atoms with van der Waals surface area (Å²) in [4.78, 5) is 0. The molecule has 3 heteroatoms. The maximum Gasteiger partial charge on any atom is 0.216 e. The summed E-state index contributed by atoms with van der Waals surface area (Å²) in [5, 5.41) is 4.63. The molecule has 0 bridgehead atoms. The second-order valence-electron chi connectivity index (χ2n) is 10.5. The van der Waals surface area contributed by atoms with E-state index in [1.807, 2.05) is 31.4 Å². The van der Waals surface area contributed by atoms with E-state index in [2.05, 4.69) is 72.2 Å². The summed E-state index contributed by atoms with van der Waals surface area (Å²) in [6.45, 7) is 2.11. The van der Waals surface area contributed by atoms with Crippen molar-refractivity contribution >= 4 is 32.7 Å². The van der Waals surface area contributed by atoms with Crippen molar-refractivity contribution in [1.29, 1.82) is 0 Å². The lowest BCUT2D eigenvalue weighted by Crippen LogP contribution is -2.30. The SMILES string of the molecule is Cc1ccc2c(oc3c(C4CCC(c5cccc6ccccc56)C4)c(F)ccc32)c1-c1cccc[n+]1C. The monoisotopic (exact) mass is 486 g/mol. The van der Waals surface area contributed by atoms with Gasteiger partial charge in [0.05, 0.1) is 5.56 Å². The second kappa shape index (κ2) is 8.55. The van der Waals surface area contributed by atoms with Crippen LogP contribution in [0.2, 0.25) is 0 Å². The normalized spacial score (nSPS) is 17.8. The van der Waals surface area contributed by atoms with Gasteiger partial charge in [-0.25, -0.2) is 8.96 Å². The second-order valence-corrected chi connectivity index (χ2v) is 10.5. The Morgan fingerprint density at radius 2 is 1.51 bits per heavy atom. The number of pyridine rings is 1. The highest BCUT2D eigenvalue weighted by Crippen LogP contribution is 2.49. The Morgan fingerprint density at radius 3 is 2.41 bits per heavy atom. The molecule has 4 aromatic carbocycles. The van der Waals surface area contributed by atoms with Crippen LogP contribution in [0.5, 0.6) is 0 Å². The van der Waals surface area contributed by atoms with Gasteiger partial charge in [0.25, 0.3) is 0 Å². The first-order valence-corrected chi connectivity index (χ1v) is 13.2. The van der Waals surface area contributed by atoms with Crippen LogP contribution in [0.25, 0.3) is 44.0 Å². The molecule has 0 amide bonds. The zero-order chi connectivity index (χ0) is 25.1. The fourth-order valence-corrected chi connectivity index (χ4v) is 6.61. The van der Waals surface area contributed by atoms with Gasteiger partial charge in [0.15, 0.2) is 6.20 Å². The number of aryl methyl sites for hydroxylation is 2. The van der Waals surface area contributed by atoms with E-state index in [-0.39, 0.29) is 11.7 Å².